The van der Waals surface area contributed by atoms with E-state index in [-0.39, 0.29) is 6.04 Å². The molecule has 1 aliphatic carbocycles. The zero-order chi connectivity index (χ0) is 15.2. The van der Waals surface area contributed by atoms with Gasteiger partial charge in [0.15, 0.2) is 5.11 Å². The van der Waals surface area contributed by atoms with Gasteiger partial charge in [-0.05, 0) is 65.6 Å². The fourth-order valence-electron chi connectivity index (χ4n) is 2.71. The van der Waals surface area contributed by atoms with Crippen LogP contribution >= 0.6 is 28.1 Å². The lowest BCUT2D eigenvalue weighted by molar-refractivity contribution is 0.410. The number of hydrogen-bond acceptors (Lipinski definition) is 2. The van der Waals surface area contributed by atoms with Gasteiger partial charge in [0.1, 0.15) is 5.75 Å². The third-order valence-electron chi connectivity index (χ3n) is 3.96. The molecule has 21 heavy (non-hydrogen) atoms. The Morgan fingerprint density at radius 3 is 2.67 bits per heavy atom. The number of ether oxygens (including phenoxy) is 1. The van der Waals surface area contributed by atoms with Crippen molar-refractivity contribution >= 4 is 33.3 Å². The molecule has 0 radical (unpaired) electrons. The number of hydrogen-bond donors (Lipinski definition) is 2. The van der Waals surface area contributed by atoms with Crippen LogP contribution in [0, 0.1) is 0 Å². The molecule has 0 bridgehead atoms. The monoisotopic (exact) mass is 370 g/mol. The summed E-state index contributed by atoms with van der Waals surface area (Å²) in [5.74, 6) is 0.842. The van der Waals surface area contributed by atoms with Gasteiger partial charge < -0.3 is 15.4 Å². The molecule has 116 valence electrons. The van der Waals surface area contributed by atoms with Crippen LogP contribution < -0.4 is 15.4 Å². The van der Waals surface area contributed by atoms with E-state index in [1.807, 2.05) is 6.07 Å². The van der Waals surface area contributed by atoms with Crippen molar-refractivity contribution in [3.05, 3.63) is 28.2 Å². The van der Waals surface area contributed by atoms with Crippen LogP contribution in [-0.4, -0.2) is 18.3 Å². The van der Waals surface area contributed by atoms with E-state index in [4.69, 9.17) is 17.0 Å². The highest BCUT2D eigenvalue weighted by atomic mass is 79.9. The highest BCUT2D eigenvalue weighted by molar-refractivity contribution is 9.10. The van der Waals surface area contributed by atoms with Crippen molar-refractivity contribution in [2.45, 2.75) is 51.1 Å². The Morgan fingerprint density at radius 1 is 1.33 bits per heavy atom. The summed E-state index contributed by atoms with van der Waals surface area (Å²) >= 11 is 8.95. The molecule has 3 nitrogen and oxygen atoms in total. The Balaban J connectivity index is 1.89. The van der Waals surface area contributed by atoms with Gasteiger partial charge >= 0.3 is 0 Å². The van der Waals surface area contributed by atoms with Crippen LogP contribution in [0.2, 0.25) is 0 Å². The molecule has 2 rings (SSSR count). The van der Waals surface area contributed by atoms with Crippen LogP contribution in [0.5, 0.6) is 5.75 Å². The molecule has 0 amide bonds. The van der Waals surface area contributed by atoms with Gasteiger partial charge in [0.05, 0.1) is 17.6 Å². The van der Waals surface area contributed by atoms with E-state index in [2.05, 4.69) is 45.6 Å². The Kier molecular flexibility index (Phi) is 6.30. The first-order valence-electron chi connectivity index (χ1n) is 7.50. The summed E-state index contributed by atoms with van der Waals surface area (Å²) in [5, 5.41) is 7.56. The molecule has 1 aliphatic rings. The van der Waals surface area contributed by atoms with Gasteiger partial charge in [-0.25, -0.2) is 0 Å². The largest absolute Gasteiger partial charge is 0.496 e. The van der Waals surface area contributed by atoms with Crippen molar-refractivity contribution in [3.63, 3.8) is 0 Å². The molecular weight excluding hydrogens is 348 g/mol. The number of halogens is 1. The molecular formula is C16H23BrN2OS. The van der Waals surface area contributed by atoms with E-state index in [0.717, 1.165) is 15.3 Å². The molecule has 0 spiro atoms. The SMILES string of the molecule is COc1ccc([C@H](C)NC(=S)NC2CCCCC2)cc1Br. The van der Waals surface area contributed by atoms with Crippen LogP contribution in [-0.2, 0) is 0 Å². The molecule has 2 N–H and O–H groups in total. The third kappa shape index (κ3) is 4.85. The quantitative estimate of drug-likeness (QED) is 0.773. The molecule has 0 aliphatic heterocycles. The van der Waals surface area contributed by atoms with Crippen LogP contribution in [0.1, 0.15) is 50.6 Å². The normalized spacial score (nSPS) is 17.1. The average Bonchev–Trinajstić information content (AvgIpc) is 2.48. The maximum atomic E-state index is 5.43. The van der Waals surface area contributed by atoms with Gasteiger partial charge in [-0.1, -0.05) is 25.3 Å². The van der Waals surface area contributed by atoms with E-state index in [9.17, 15) is 0 Å². The Morgan fingerprint density at radius 2 is 2.05 bits per heavy atom. The van der Waals surface area contributed by atoms with Gasteiger partial charge in [-0.15, -0.1) is 0 Å². The van der Waals surface area contributed by atoms with Crippen LogP contribution in [0.3, 0.4) is 0 Å². The van der Waals surface area contributed by atoms with Crippen molar-refractivity contribution in [1.29, 1.82) is 0 Å². The van der Waals surface area contributed by atoms with Crippen LogP contribution in [0.4, 0.5) is 0 Å². The molecule has 1 aromatic rings. The van der Waals surface area contributed by atoms with Gasteiger partial charge in [-0.2, -0.15) is 0 Å². The molecule has 0 unspecified atom stereocenters. The predicted octanol–water partition coefficient (Wildman–Crippen LogP) is 4.32. The van der Waals surface area contributed by atoms with E-state index in [1.165, 1.54) is 37.7 Å². The predicted molar refractivity (Wildman–Crippen MR) is 94.9 cm³/mol. The second-order valence-electron chi connectivity index (χ2n) is 5.57. The molecule has 0 heterocycles. The topological polar surface area (TPSA) is 33.3 Å². The second-order valence-corrected chi connectivity index (χ2v) is 6.83. The number of thiocarbonyl (C=S) groups is 1. The molecule has 5 heteroatoms. The maximum Gasteiger partial charge on any atom is 0.166 e. The Labute approximate surface area is 141 Å². The minimum absolute atomic E-state index is 0.163. The number of rotatable bonds is 4. The van der Waals surface area contributed by atoms with Gasteiger partial charge in [-0.3, -0.25) is 0 Å². The van der Waals surface area contributed by atoms with E-state index >= 15 is 0 Å². The number of nitrogens with one attached hydrogen (secondary N) is 2. The van der Waals surface area contributed by atoms with Crippen molar-refractivity contribution in [1.82, 2.24) is 10.6 Å². The van der Waals surface area contributed by atoms with Crippen molar-refractivity contribution in [2.75, 3.05) is 7.11 Å². The smallest absolute Gasteiger partial charge is 0.166 e. The maximum absolute atomic E-state index is 5.43. The third-order valence-corrected chi connectivity index (χ3v) is 4.82. The standard InChI is InChI=1S/C16H23BrN2OS/c1-11(12-8-9-15(20-2)14(17)10-12)18-16(21)19-13-6-4-3-5-7-13/h8-11,13H,3-7H2,1-2H3,(H2,18,19,21)/t11-/m0/s1. The van der Waals surface area contributed by atoms with Crippen LogP contribution in [0.25, 0.3) is 0 Å². The van der Waals surface area contributed by atoms with Crippen molar-refractivity contribution < 1.29 is 4.74 Å². The first-order chi connectivity index (χ1) is 10.1. The summed E-state index contributed by atoms with van der Waals surface area (Å²) in [6.45, 7) is 2.11. The zero-order valence-electron chi connectivity index (χ0n) is 12.6. The molecule has 1 fully saturated rings. The molecule has 1 aromatic carbocycles. The highest BCUT2D eigenvalue weighted by Crippen LogP contribution is 2.28. The summed E-state index contributed by atoms with van der Waals surface area (Å²) in [4.78, 5) is 0. The van der Waals surface area contributed by atoms with Gasteiger partial charge in [0.2, 0.25) is 0 Å². The average molecular weight is 371 g/mol. The van der Waals surface area contributed by atoms with E-state index in [1.54, 1.807) is 7.11 Å². The van der Waals surface area contributed by atoms with Gasteiger partial charge in [0, 0.05) is 6.04 Å². The minimum atomic E-state index is 0.163. The van der Waals surface area contributed by atoms with E-state index < -0.39 is 0 Å². The lowest BCUT2D eigenvalue weighted by Gasteiger charge is -2.26. The summed E-state index contributed by atoms with van der Waals surface area (Å²) in [6.07, 6.45) is 6.42. The fraction of sp³-hybridized carbons (Fsp3) is 0.562. The van der Waals surface area contributed by atoms with E-state index in [0.29, 0.717) is 6.04 Å². The highest BCUT2D eigenvalue weighted by Gasteiger charge is 2.15. The lowest BCUT2D eigenvalue weighted by atomic mass is 9.96. The number of benzene rings is 1. The molecule has 1 atom stereocenters. The Bertz CT molecular complexity index is 489. The summed E-state index contributed by atoms with van der Waals surface area (Å²) in [5.41, 5.74) is 1.18. The van der Waals surface area contributed by atoms with Crippen molar-refractivity contribution in [2.24, 2.45) is 0 Å². The van der Waals surface area contributed by atoms with Gasteiger partial charge in [0.25, 0.3) is 0 Å². The fourth-order valence-corrected chi connectivity index (χ4v) is 3.61. The summed E-state index contributed by atoms with van der Waals surface area (Å²) in [6, 6.07) is 6.80. The molecule has 1 saturated carbocycles. The van der Waals surface area contributed by atoms with Crippen molar-refractivity contribution in [3.8, 4) is 5.75 Å². The first-order valence-corrected chi connectivity index (χ1v) is 8.70. The zero-order valence-corrected chi connectivity index (χ0v) is 15.0. The summed E-state index contributed by atoms with van der Waals surface area (Å²) in [7, 11) is 1.67. The lowest BCUT2D eigenvalue weighted by Crippen LogP contribution is -2.43. The molecule has 0 aromatic heterocycles. The summed E-state index contributed by atoms with van der Waals surface area (Å²) < 4.78 is 6.22. The van der Waals surface area contributed by atoms with Crippen LogP contribution in [0.15, 0.2) is 22.7 Å². The molecule has 0 saturated heterocycles. The minimum Gasteiger partial charge on any atom is -0.496 e. The second kappa shape index (κ2) is 7.99. The first kappa shape index (κ1) is 16.6. The number of methoxy groups -OCH3 is 1. The Hall–Kier alpha value is -0.810.